The predicted octanol–water partition coefficient (Wildman–Crippen LogP) is -0.196. The standard InChI is InChI=1S/C6H4F3N3O4S/c7-6(8,9)17(14,15)16-5-3(4(10)13)11-1-2-12-5/h1-2H,(H2,10,13). The van der Waals surface area contributed by atoms with E-state index in [1.54, 1.807) is 0 Å². The molecule has 0 saturated heterocycles. The van der Waals surface area contributed by atoms with Crippen molar-refractivity contribution in [2.45, 2.75) is 5.51 Å². The van der Waals surface area contributed by atoms with Gasteiger partial charge in [-0.05, 0) is 0 Å². The van der Waals surface area contributed by atoms with Gasteiger partial charge in [-0.2, -0.15) is 21.6 Å². The van der Waals surface area contributed by atoms with E-state index in [0.717, 1.165) is 12.4 Å². The second-order valence-electron chi connectivity index (χ2n) is 2.56. The van der Waals surface area contributed by atoms with Gasteiger partial charge < -0.3 is 9.92 Å². The lowest BCUT2D eigenvalue weighted by Gasteiger charge is -2.09. The maximum atomic E-state index is 12.0. The Morgan fingerprint density at radius 3 is 2.29 bits per heavy atom. The number of nitrogens with zero attached hydrogens (tertiary/aromatic N) is 2. The van der Waals surface area contributed by atoms with E-state index in [2.05, 4.69) is 14.2 Å². The van der Waals surface area contributed by atoms with Crippen molar-refractivity contribution in [3.63, 3.8) is 0 Å². The monoisotopic (exact) mass is 271 g/mol. The molecule has 94 valence electrons. The van der Waals surface area contributed by atoms with Crippen LogP contribution in [0.25, 0.3) is 0 Å². The summed E-state index contributed by atoms with van der Waals surface area (Å²) < 4.78 is 60.8. The summed E-state index contributed by atoms with van der Waals surface area (Å²) in [5.41, 5.74) is -1.71. The molecule has 0 spiro atoms. The third-order valence-electron chi connectivity index (χ3n) is 1.37. The molecule has 17 heavy (non-hydrogen) atoms. The van der Waals surface area contributed by atoms with Crippen LogP contribution < -0.4 is 9.92 Å². The Kier molecular flexibility index (Phi) is 3.22. The van der Waals surface area contributed by atoms with E-state index in [1.807, 2.05) is 0 Å². The zero-order valence-corrected chi connectivity index (χ0v) is 8.62. The van der Waals surface area contributed by atoms with E-state index in [-0.39, 0.29) is 0 Å². The van der Waals surface area contributed by atoms with Gasteiger partial charge in [-0.25, -0.2) is 9.97 Å². The number of hydrogen-bond donors (Lipinski definition) is 1. The number of alkyl halides is 3. The van der Waals surface area contributed by atoms with Crippen molar-refractivity contribution in [2.75, 3.05) is 0 Å². The van der Waals surface area contributed by atoms with Crippen molar-refractivity contribution in [3.8, 4) is 5.88 Å². The summed E-state index contributed by atoms with van der Waals surface area (Å²) in [6.07, 6.45) is 1.78. The molecule has 0 atom stereocenters. The van der Waals surface area contributed by atoms with E-state index in [1.165, 1.54) is 0 Å². The molecule has 0 aromatic carbocycles. The summed E-state index contributed by atoms with van der Waals surface area (Å²) in [6.45, 7) is 0. The first-order valence-electron chi connectivity index (χ1n) is 3.76. The fraction of sp³-hybridized carbons (Fsp3) is 0.167. The van der Waals surface area contributed by atoms with Gasteiger partial charge in [0.05, 0.1) is 0 Å². The van der Waals surface area contributed by atoms with Crippen LogP contribution in [0.15, 0.2) is 12.4 Å². The van der Waals surface area contributed by atoms with Crippen LogP contribution in [0.4, 0.5) is 13.2 Å². The van der Waals surface area contributed by atoms with Gasteiger partial charge in [0.15, 0.2) is 5.69 Å². The van der Waals surface area contributed by atoms with Crippen LogP contribution in [0.3, 0.4) is 0 Å². The molecule has 1 amide bonds. The molecule has 0 unspecified atom stereocenters. The van der Waals surface area contributed by atoms with Gasteiger partial charge in [0, 0.05) is 12.4 Å². The van der Waals surface area contributed by atoms with Crippen LogP contribution in [0.5, 0.6) is 5.88 Å². The lowest BCUT2D eigenvalue weighted by atomic mass is 10.4. The Balaban J connectivity index is 3.18. The van der Waals surface area contributed by atoms with Gasteiger partial charge in [-0.15, -0.1) is 0 Å². The van der Waals surface area contributed by atoms with Crippen LogP contribution in [-0.2, 0) is 10.1 Å². The van der Waals surface area contributed by atoms with E-state index < -0.39 is 33.1 Å². The van der Waals surface area contributed by atoms with Crippen molar-refractivity contribution < 1.29 is 30.6 Å². The van der Waals surface area contributed by atoms with Gasteiger partial charge in [0.1, 0.15) is 0 Å². The summed E-state index contributed by atoms with van der Waals surface area (Å²) in [7, 11) is -5.92. The van der Waals surface area contributed by atoms with Crippen LogP contribution in [0.1, 0.15) is 10.5 Å². The topological polar surface area (TPSA) is 112 Å². The fourth-order valence-electron chi connectivity index (χ4n) is 0.706. The fourth-order valence-corrected chi connectivity index (χ4v) is 1.13. The second-order valence-corrected chi connectivity index (χ2v) is 4.10. The quantitative estimate of drug-likeness (QED) is 0.602. The second kappa shape index (κ2) is 4.16. The molecule has 0 bridgehead atoms. The molecule has 1 heterocycles. The summed E-state index contributed by atoms with van der Waals surface area (Å²) >= 11 is 0. The number of hydrogen-bond acceptors (Lipinski definition) is 6. The molecule has 0 fully saturated rings. The average molecular weight is 271 g/mol. The summed E-state index contributed by atoms with van der Waals surface area (Å²) in [5.74, 6) is -2.40. The van der Waals surface area contributed by atoms with Gasteiger partial charge in [0.25, 0.3) is 11.8 Å². The molecule has 1 aromatic rings. The summed E-state index contributed by atoms with van der Waals surface area (Å²) in [6, 6.07) is 0. The highest BCUT2D eigenvalue weighted by Crippen LogP contribution is 2.26. The summed E-state index contributed by atoms with van der Waals surface area (Å²) in [4.78, 5) is 17.1. The van der Waals surface area contributed by atoms with Crippen LogP contribution in [-0.4, -0.2) is 29.8 Å². The van der Waals surface area contributed by atoms with Crippen molar-refractivity contribution in [3.05, 3.63) is 18.1 Å². The van der Waals surface area contributed by atoms with Gasteiger partial charge in [-0.3, -0.25) is 4.79 Å². The van der Waals surface area contributed by atoms with Crippen LogP contribution >= 0.6 is 0 Å². The molecule has 7 nitrogen and oxygen atoms in total. The maximum absolute atomic E-state index is 12.0. The normalized spacial score (nSPS) is 12.2. The number of primary amides is 1. The number of aromatic nitrogens is 2. The van der Waals surface area contributed by atoms with Crippen LogP contribution in [0, 0.1) is 0 Å². The minimum Gasteiger partial charge on any atom is -0.364 e. The highest BCUT2D eigenvalue weighted by atomic mass is 32.2. The third kappa shape index (κ3) is 2.81. The minimum atomic E-state index is -5.92. The van der Waals surface area contributed by atoms with Gasteiger partial charge in [0.2, 0.25) is 0 Å². The molecule has 0 saturated carbocycles. The number of amides is 1. The third-order valence-corrected chi connectivity index (χ3v) is 2.31. The van der Waals surface area contributed by atoms with Crippen molar-refractivity contribution >= 4 is 16.0 Å². The number of rotatable bonds is 3. The van der Waals surface area contributed by atoms with E-state index in [0.29, 0.717) is 0 Å². The Hall–Kier alpha value is -1.91. The Labute approximate surface area is 92.5 Å². The zero-order chi connectivity index (χ0) is 13.3. The molecule has 2 N–H and O–H groups in total. The zero-order valence-electron chi connectivity index (χ0n) is 7.80. The Morgan fingerprint density at radius 2 is 1.82 bits per heavy atom. The minimum absolute atomic E-state index is 0.819. The first-order chi connectivity index (χ1) is 7.65. The lowest BCUT2D eigenvalue weighted by Crippen LogP contribution is -2.29. The van der Waals surface area contributed by atoms with E-state index >= 15 is 0 Å². The molecule has 0 aliphatic rings. The molecule has 11 heteroatoms. The predicted molar refractivity (Wildman–Crippen MR) is 46.2 cm³/mol. The van der Waals surface area contributed by atoms with E-state index in [4.69, 9.17) is 5.73 Å². The molecule has 0 aliphatic carbocycles. The molecular weight excluding hydrogens is 267 g/mol. The number of carbonyl (C=O) groups is 1. The first-order valence-corrected chi connectivity index (χ1v) is 5.17. The molecule has 1 rings (SSSR count). The number of nitrogens with two attached hydrogens (primary N) is 1. The van der Waals surface area contributed by atoms with Crippen LogP contribution in [0.2, 0.25) is 0 Å². The lowest BCUT2D eigenvalue weighted by molar-refractivity contribution is -0.0501. The van der Waals surface area contributed by atoms with E-state index in [9.17, 15) is 26.4 Å². The largest absolute Gasteiger partial charge is 0.534 e. The molecular formula is C6H4F3N3O4S. The van der Waals surface area contributed by atoms with Gasteiger partial charge in [-0.1, -0.05) is 0 Å². The smallest absolute Gasteiger partial charge is 0.364 e. The van der Waals surface area contributed by atoms with Gasteiger partial charge >= 0.3 is 15.6 Å². The summed E-state index contributed by atoms with van der Waals surface area (Å²) in [5, 5.41) is 0. The molecule has 1 aromatic heterocycles. The Morgan fingerprint density at radius 1 is 1.29 bits per heavy atom. The Bertz CT molecular complexity index is 542. The molecule has 0 aliphatic heterocycles. The van der Waals surface area contributed by atoms with Crippen molar-refractivity contribution in [1.29, 1.82) is 0 Å². The first kappa shape index (κ1) is 13.2. The highest BCUT2D eigenvalue weighted by Gasteiger charge is 2.49. The van der Waals surface area contributed by atoms with Crippen molar-refractivity contribution in [2.24, 2.45) is 5.73 Å². The number of carbonyl (C=O) groups excluding carboxylic acids is 1. The van der Waals surface area contributed by atoms with Crippen molar-refractivity contribution in [1.82, 2.24) is 9.97 Å². The maximum Gasteiger partial charge on any atom is 0.534 e. The SMILES string of the molecule is NC(=O)c1nccnc1OS(=O)(=O)C(F)(F)F. The average Bonchev–Trinajstić information content (AvgIpc) is 2.15. The molecule has 0 radical (unpaired) electrons. The number of halogens is 3. The highest BCUT2D eigenvalue weighted by molar-refractivity contribution is 7.87.